The number of piperidine rings is 1. The lowest BCUT2D eigenvalue weighted by atomic mass is 10.1. The van der Waals surface area contributed by atoms with Crippen molar-refractivity contribution >= 4 is 27.1 Å². The standard InChI is InChI=1S/C12H17ClN2O2S/c1-18(16,17)10-4-5-11(13)12(7-10)15-9-3-2-6-14-8-9/h4-5,7,9,14-15H,2-3,6,8H2,1H3. The Kier molecular flexibility index (Phi) is 4.14. The van der Waals surface area contributed by atoms with Crippen LogP contribution in [0.4, 0.5) is 5.69 Å². The van der Waals surface area contributed by atoms with Gasteiger partial charge in [0.2, 0.25) is 0 Å². The Bertz CT molecular complexity index is 525. The molecule has 4 nitrogen and oxygen atoms in total. The van der Waals surface area contributed by atoms with Crippen molar-refractivity contribution in [1.82, 2.24) is 5.32 Å². The maximum atomic E-state index is 11.5. The van der Waals surface area contributed by atoms with Gasteiger partial charge in [0.15, 0.2) is 9.84 Å². The van der Waals surface area contributed by atoms with E-state index in [1.807, 2.05) is 0 Å². The maximum Gasteiger partial charge on any atom is 0.175 e. The van der Waals surface area contributed by atoms with Crippen molar-refractivity contribution in [3.63, 3.8) is 0 Å². The molecule has 1 unspecified atom stereocenters. The van der Waals surface area contributed by atoms with Gasteiger partial charge < -0.3 is 10.6 Å². The molecule has 100 valence electrons. The van der Waals surface area contributed by atoms with Gasteiger partial charge in [-0.25, -0.2) is 8.42 Å². The van der Waals surface area contributed by atoms with Crippen LogP contribution in [0, 0.1) is 0 Å². The van der Waals surface area contributed by atoms with Crippen LogP contribution < -0.4 is 10.6 Å². The number of hydrogen-bond donors (Lipinski definition) is 2. The zero-order chi connectivity index (χ0) is 13.2. The molecule has 0 bridgehead atoms. The number of rotatable bonds is 3. The lowest BCUT2D eigenvalue weighted by Gasteiger charge is -2.25. The number of halogens is 1. The minimum atomic E-state index is -3.20. The van der Waals surface area contributed by atoms with E-state index in [0.717, 1.165) is 25.9 Å². The van der Waals surface area contributed by atoms with Gasteiger partial charge in [-0.05, 0) is 37.6 Å². The van der Waals surface area contributed by atoms with Gasteiger partial charge in [-0.1, -0.05) is 11.6 Å². The van der Waals surface area contributed by atoms with E-state index in [1.165, 1.54) is 12.3 Å². The monoisotopic (exact) mass is 288 g/mol. The molecule has 1 saturated heterocycles. The maximum absolute atomic E-state index is 11.5. The zero-order valence-corrected chi connectivity index (χ0v) is 11.8. The summed E-state index contributed by atoms with van der Waals surface area (Å²) in [5.41, 5.74) is 0.688. The molecular formula is C12H17ClN2O2S. The Morgan fingerprint density at radius 2 is 2.22 bits per heavy atom. The molecule has 2 N–H and O–H groups in total. The summed E-state index contributed by atoms with van der Waals surface area (Å²) < 4.78 is 23.0. The lowest BCUT2D eigenvalue weighted by molar-refractivity contribution is 0.480. The quantitative estimate of drug-likeness (QED) is 0.892. The van der Waals surface area contributed by atoms with Gasteiger partial charge in [-0.3, -0.25) is 0 Å². The van der Waals surface area contributed by atoms with Gasteiger partial charge in [0.1, 0.15) is 0 Å². The first-order valence-electron chi connectivity index (χ1n) is 5.94. The second kappa shape index (κ2) is 5.47. The predicted molar refractivity (Wildman–Crippen MR) is 74.1 cm³/mol. The second-order valence-electron chi connectivity index (χ2n) is 4.60. The van der Waals surface area contributed by atoms with Crippen molar-refractivity contribution in [1.29, 1.82) is 0 Å². The third-order valence-corrected chi connectivity index (χ3v) is 4.46. The second-order valence-corrected chi connectivity index (χ2v) is 7.02. The van der Waals surface area contributed by atoms with Crippen LogP contribution in [-0.2, 0) is 9.84 Å². The van der Waals surface area contributed by atoms with E-state index in [9.17, 15) is 8.42 Å². The normalized spacial score (nSPS) is 20.7. The highest BCUT2D eigenvalue weighted by molar-refractivity contribution is 7.90. The first kappa shape index (κ1) is 13.6. The number of anilines is 1. The number of benzene rings is 1. The Morgan fingerprint density at radius 3 is 2.83 bits per heavy atom. The van der Waals surface area contributed by atoms with Crippen LogP contribution in [0.25, 0.3) is 0 Å². The molecule has 0 amide bonds. The molecule has 1 aromatic rings. The molecule has 1 aliphatic heterocycles. The Morgan fingerprint density at radius 1 is 1.44 bits per heavy atom. The van der Waals surface area contributed by atoms with Crippen LogP contribution in [0.15, 0.2) is 23.1 Å². The predicted octanol–water partition coefficient (Wildman–Crippen LogP) is 1.91. The van der Waals surface area contributed by atoms with Crippen LogP contribution in [0.1, 0.15) is 12.8 Å². The molecule has 0 aromatic heterocycles. The van der Waals surface area contributed by atoms with Crippen molar-refractivity contribution in [2.75, 3.05) is 24.7 Å². The molecule has 2 rings (SSSR count). The minimum Gasteiger partial charge on any atom is -0.380 e. The average Bonchev–Trinajstić information content (AvgIpc) is 2.32. The minimum absolute atomic E-state index is 0.290. The summed E-state index contributed by atoms with van der Waals surface area (Å²) in [7, 11) is -3.20. The van der Waals surface area contributed by atoms with E-state index < -0.39 is 9.84 Å². The van der Waals surface area contributed by atoms with Gasteiger partial charge >= 0.3 is 0 Å². The van der Waals surface area contributed by atoms with Crippen molar-refractivity contribution in [2.24, 2.45) is 0 Å². The smallest absolute Gasteiger partial charge is 0.175 e. The fourth-order valence-corrected chi connectivity index (χ4v) is 2.86. The van der Waals surface area contributed by atoms with Gasteiger partial charge in [-0.15, -0.1) is 0 Å². The topological polar surface area (TPSA) is 58.2 Å². The Balaban J connectivity index is 2.21. The van der Waals surface area contributed by atoms with E-state index in [0.29, 0.717) is 16.8 Å². The molecule has 1 fully saturated rings. The van der Waals surface area contributed by atoms with Gasteiger partial charge in [0.05, 0.1) is 15.6 Å². The summed E-state index contributed by atoms with van der Waals surface area (Å²) in [5.74, 6) is 0. The molecule has 0 spiro atoms. The summed E-state index contributed by atoms with van der Waals surface area (Å²) >= 11 is 6.09. The van der Waals surface area contributed by atoms with E-state index in [1.54, 1.807) is 12.1 Å². The summed E-state index contributed by atoms with van der Waals surface area (Å²) in [6.07, 6.45) is 3.37. The molecule has 1 aliphatic rings. The molecule has 18 heavy (non-hydrogen) atoms. The summed E-state index contributed by atoms with van der Waals surface area (Å²) in [4.78, 5) is 0.290. The van der Waals surface area contributed by atoms with Crippen LogP contribution in [0.3, 0.4) is 0 Å². The zero-order valence-electron chi connectivity index (χ0n) is 10.2. The largest absolute Gasteiger partial charge is 0.380 e. The van der Waals surface area contributed by atoms with Crippen molar-refractivity contribution in [2.45, 2.75) is 23.8 Å². The van der Waals surface area contributed by atoms with E-state index in [4.69, 9.17) is 11.6 Å². The third kappa shape index (κ3) is 3.37. The van der Waals surface area contributed by atoms with Crippen LogP contribution >= 0.6 is 11.6 Å². The SMILES string of the molecule is CS(=O)(=O)c1ccc(Cl)c(NC2CCCNC2)c1. The summed E-state index contributed by atoms with van der Waals surface area (Å²) in [6, 6.07) is 5.05. The average molecular weight is 289 g/mol. The van der Waals surface area contributed by atoms with Crippen molar-refractivity contribution < 1.29 is 8.42 Å². The van der Waals surface area contributed by atoms with E-state index >= 15 is 0 Å². The van der Waals surface area contributed by atoms with E-state index in [2.05, 4.69) is 10.6 Å². The summed E-state index contributed by atoms with van der Waals surface area (Å²) in [6.45, 7) is 1.91. The van der Waals surface area contributed by atoms with Crippen molar-refractivity contribution in [3.8, 4) is 0 Å². The molecule has 1 heterocycles. The highest BCUT2D eigenvalue weighted by Crippen LogP contribution is 2.26. The fraction of sp³-hybridized carbons (Fsp3) is 0.500. The third-order valence-electron chi connectivity index (χ3n) is 3.02. The molecule has 0 aliphatic carbocycles. The highest BCUT2D eigenvalue weighted by atomic mass is 35.5. The molecule has 6 heteroatoms. The number of nitrogens with one attached hydrogen (secondary N) is 2. The van der Waals surface area contributed by atoms with Crippen LogP contribution in [0.5, 0.6) is 0 Å². The molecule has 0 saturated carbocycles. The lowest BCUT2D eigenvalue weighted by Crippen LogP contribution is -2.38. The number of hydrogen-bond acceptors (Lipinski definition) is 4. The molecule has 0 radical (unpaired) electrons. The highest BCUT2D eigenvalue weighted by Gasteiger charge is 2.15. The molecule has 1 aromatic carbocycles. The number of sulfone groups is 1. The van der Waals surface area contributed by atoms with Gasteiger partial charge in [0, 0.05) is 18.8 Å². The Hall–Kier alpha value is -0.780. The van der Waals surface area contributed by atoms with Crippen molar-refractivity contribution in [3.05, 3.63) is 23.2 Å². The summed E-state index contributed by atoms with van der Waals surface area (Å²) in [5, 5.41) is 7.15. The van der Waals surface area contributed by atoms with E-state index in [-0.39, 0.29) is 4.90 Å². The molecular weight excluding hydrogens is 272 g/mol. The van der Waals surface area contributed by atoms with Gasteiger partial charge in [-0.2, -0.15) is 0 Å². The fourth-order valence-electron chi connectivity index (χ4n) is 2.04. The molecule has 1 atom stereocenters. The first-order chi connectivity index (χ1) is 8.47. The van der Waals surface area contributed by atoms with Crippen LogP contribution in [0.2, 0.25) is 5.02 Å². The first-order valence-corrected chi connectivity index (χ1v) is 8.20. The Labute approximate surface area is 113 Å². The van der Waals surface area contributed by atoms with Crippen LogP contribution in [-0.4, -0.2) is 33.8 Å². The van der Waals surface area contributed by atoms with Gasteiger partial charge in [0.25, 0.3) is 0 Å².